The van der Waals surface area contributed by atoms with Crippen LogP contribution in [0.3, 0.4) is 0 Å². The molecular weight excluding hydrogens is 326 g/mol. The van der Waals surface area contributed by atoms with Crippen molar-refractivity contribution in [1.82, 2.24) is 10.6 Å². The first kappa shape index (κ1) is 17.5. The van der Waals surface area contributed by atoms with Gasteiger partial charge in [-0.15, -0.1) is 0 Å². The van der Waals surface area contributed by atoms with Crippen molar-refractivity contribution in [3.05, 3.63) is 71.3 Å². The molecule has 25 heavy (non-hydrogen) atoms. The van der Waals surface area contributed by atoms with Crippen LogP contribution in [0.15, 0.2) is 48.5 Å². The van der Waals surface area contributed by atoms with Crippen molar-refractivity contribution < 1.29 is 18.3 Å². The summed E-state index contributed by atoms with van der Waals surface area (Å²) < 4.78 is 31.8. The molecule has 2 aromatic carbocycles. The standard InChI is InChI=1S/C19H20F2N2O2/c20-15-5-1-13(2-6-15)19(14-3-7-16(21)8-4-14)23-18(24)11-17-12-25-10-9-22-17/h1-8,17,19,22H,9-12H2,(H,23,24). The molecule has 1 unspecified atom stereocenters. The van der Waals surface area contributed by atoms with Crippen LogP contribution < -0.4 is 10.6 Å². The molecular formula is C19H20F2N2O2. The Balaban J connectivity index is 1.76. The lowest BCUT2D eigenvalue weighted by molar-refractivity contribution is -0.122. The summed E-state index contributed by atoms with van der Waals surface area (Å²) in [6.45, 7) is 1.86. The molecule has 1 aliphatic heterocycles. The minimum absolute atomic E-state index is 0.0316. The zero-order chi connectivity index (χ0) is 17.6. The van der Waals surface area contributed by atoms with E-state index in [-0.39, 0.29) is 30.0 Å². The first-order valence-corrected chi connectivity index (χ1v) is 8.23. The van der Waals surface area contributed by atoms with E-state index in [4.69, 9.17) is 4.74 Å². The van der Waals surface area contributed by atoms with Gasteiger partial charge in [-0.2, -0.15) is 0 Å². The number of carbonyl (C=O) groups excluding carboxylic acids is 1. The van der Waals surface area contributed by atoms with Crippen molar-refractivity contribution in [1.29, 1.82) is 0 Å². The van der Waals surface area contributed by atoms with Gasteiger partial charge >= 0.3 is 0 Å². The number of morpholine rings is 1. The van der Waals surface area contributed by atoms with E-state index in [1.54, 1.807) is 24.3 Å². The van der Waals surface area contributed by atoms with Gasteiger partial charge in [0.05, 0.1) is 19.3 Å². The van der Waals surface area contributed by atoms with Gasteiger partial charge in [-0.05, 0) is 35.4 Å². The highest BCUT2D eigenvalue weighted by Crippen LogP contribution is 2.23. The van der Waals surface area contributed by atoms with Gasteiger partial charge in [0.15, 0.2) is 0 Å². The van der Waals surface area contributed by atoms with E-state index in [1.165, 1.54) is 24.3 Å². The Morgan fingerprint density at radius 2 is 1.64 bits per heavy atom. The predicted molar refractivity (Wildman–Crippen MR) is 90.0 cm³/mol. The lowest BCUT2D eigenvalue weighted by atomic mass is 9.98. The Bertz CT molecular complexity index is 653. The molecule has 0 aromatic heterocycles. The van der Waals surface area contributed by atoms with E-state index in [0.29, 0.717) is 13.2 Å². The average molecular weight is 346 g/mol. The molecule has 1 aliphatic rings. The predicted octanol–water partition coefficient (Wildman–Crippen LogP) is 2.55. The van der Waals surface area contributed by atoms with Crippen LogP contribution in [-0.4, -0.2) is 31.7 Å². The van der Waals surface area contributed by atoms with Crippen LogP contribution in [0.5, 0.6) is 0 Å². The summed E-state index contributed by atoms with van der Waals surface area (Å²) in [6.07, 6.45) is 0.277. The summed E-state index contributed by atoms with van der Waals surface area (Å²) in [5, 5.41) is 6.19. The van der Waals surface area contributed by atoms with Crippen LogP contribution in [0, 0.1) is 11.6 Å². The van der Waals surface area contributed by atoms with Crippen molar-refractivity contribution in [3.63, 3.8) is 0 Å². The Morgan fingerprint density at radius 1 is 1.08 bits per heavy atom. The van der Waals surface area contributed by atoms with Gasteiger partial charge in [0.1, 0.15) is 11.6 Å². The summed E-state index contributed by atoms with van der Waals surface area (Å²) in [5.41, 5.74) is 1.46. The maximum Gasteiger partial charge on any atom is 0.222 e. The lowest BCUT2D eigenvalue weighted by Crippen LogP contribution is -2.44. The van der Waals surface area contributed by atoms with Crippen LogP contribution in [0.2, 0.25) is 0 Å². The topological polar surface area (TPSA) is 50.4 Å². The molecule has 4 nitrogen and oxygen atoms in total. The van der Waals surface area contributed by atoms with Gasteiger partial charge in [0.25, 0.3) is 0 Å². The molecule has 0 radical (unpaired) electrons. The van der Waals surface area contributed by atoms with Gasteiger partial charge in [0, 0.05) is 19.0 Å². The number of amides is 1. The molecule has 2 N–H and O–H groups in total. The molecule has 0 saturated carbocycles. The SMILES string of the molecule is O=C(CC1COCCN1)NC(c1ccc(F)cc1)c1ccc(F)cc1. The van der Waals surface area contributed by atoms with Crippen molar-refractivity contribution >= 4 is 5.91 Å². The second-order valence-corrected chi connectivity index (χ2v) is 6.03. The summed E-state index contributed by atoms with van der Waals surface area (Å²) in [6, 6.07) is 11.3. The van der Waals surface area contributed by atoms with Crippen molar-refractivity contribution in [3.8, 4) is 0 Å². The number of nitrogens with one attached hydrogen (secondary N) is 2. The summed E-state index contributed by atoms with van der Waals surface area (Å²) in [7, 11) is 0. The Kier molecular flexibility index (Phi) is 5.73. The van der Waals surface area contributed by atoms with Crippen molar-refractivity contribution in [2.24, 2.45) is 0 Å². The number of carbonyl (C=O) groups is 1. The zero-order valence-corrected chi connectivity index (χ0v) is 13.7. The summed E-state index contributed by atoms with van der Waals surface area (Å²) >= 11 is 0. The van der Waals surface area contributed by atoms with Gasteiger partial charge in [0.2, 0.25) is 5.91 Å². The molecule has 6 heteroatoms. The van der Waals surface area contributed by atoms with Crippen LogP contribution in [0.4, 0.5) is 8.78 Å². The number of hydrogen-bond donors (Lipinski definition) is 2. The van der Waals surface area contributed by atoms with Crippen LogP contribution >= 0.6 is 0 Å². The molecule has 132 valence electrons. The minimum atomic E-state index is -0.474. The molecule has 1 atom stereocenters. The Labute approximate surface area is 145 Å². The van der Waals surface area contributed by atoms with Crippen molar-refractivity contribution in [2.45, 2.75) is 18.5 Å². The monoisotopic (exact) mass is 346 g/mol. The summed E-state index contributed by atoms with van der Waals surface area (Å²) in [4.78, 5) is 12.4. The third-order valence-electron chi connectivity index (χ3n) is 4.14. The van der Waals surface area contributed by atoms with Gasteiger partial charge < -0.3 is 15.4 Å². The summed E-state index contributed by atoms with van der Waals surface area (Å²) in [5.74, 6) is -0.852. The molecule has 1 heterocycles. The van der Waals surface area contributed by atoms with E-state index >= 15 is 0 Å². The maximum absolute atomic E-state index is 13.2. The number of hydrogen-bond acceptors (Lipinski definition) is 3. The lowest BCUT2D eigenvalue weighted by Gasteiger charge is -2.25. The van der Waals surface area contributed by atoms with Crippen LogP contribution in [-0.2, 0) is 9.53 Å². The fourth-order valence-electron chi connectivity index (χ4n) is 2.86. The first-order chi connectivity index (χ1) is 12.1. The third-order valence-corrected chi connectivity index (χ3v) is 4.14. The van der Waals surface area contributed by atoms with E-state index in [2.05, 4.69) is 10.6 Å². The van der Waals surface area contributed by atoms with Gasteiger partial charge in [-0.25, -0.2) is 8.78 Å². The number of ether oxygens (including phenoxy) is 1. The molecule has 1 amide bonds. The second kappa shape index (κ2) is 8.18. The third kappa shape index (κ3) is 4.84. The average Bonchev–Trinajstić information content (AvgIpc) is 2.62. The molecule has 3 rings (SSSR count). The quantitative estimate of drug-likeness (QED) is 0.875. The fraction of sp³-hybridized carbons (Fsp3) is 0.316. The molecule has 0 spiro atoms. The zero-order valence-electron chi connectivity index (χ0n) is 13.7. The molecule has 1 fully saturated rings. The van der Waals surface area contributed by atoms with Gasteiger partial charge in [-0.3, -0.25) is 4.79 Å². The van der Waals surface area contributed by atoms with Gasteiger partial charge in [-0.1, -0.05) is 24.3 Å². The van der Waals surface area contributed by atoms with E-state index in [1.807, 2.05) is 0 Å². The largest absolute Gasteiger partial charge is 0.378 e. The fourth-order valence-corrected chi connectivity index (χ4v) is 2.86. The highest BCUT2D eigenvalue weighted by molar-refractivity contribution is 5.77. The molecule has 0 bridgehead atoms. The number of halogens is 2. The normalized spacial score (nSPS) is 17.5. The highest BCUT2D eigenvalue weighted by atomic mass is 19.1. The van der Waals surface area contributed by atoms with Crippen LogP contribution in [0.1, 0.15) is 23.6 Å². The van der Waals surface area contributed by atoms with E-state index in [0.717, 1.165) is 17.7 Å². The van der Waals surface area contributed by atoms with E-state index in [9.17, 15) is 13.6 Å². The van der Waals surface area contributed by atoms with Crippen molar-refractivity contribution in [2.75, 3.05) is 19.8 Å². The minimum Gasteiger partial charge on any atom is -0.378 e. The van der Waals surface area contributed by atoms with Crippen LogP contribution in [0.25, 0.3) is 0 Å². The Morgan fingerprint density at radius 3 is 2.12 bits per heavy atom. The highest BCUT2D eigenvalue weighted by Gasteiger charge is 2.21. The maximum atomic E-state index is 13.2. The molecule has 1 saturated heterocycles. The van der Waals surface area contributed by atoms with E-state index < -0.39 is 6.04 Å². The smallest absolute Gasteiger partial charge is 0.222 e. The first-order valence-electron chi connectivity index (χ1n) is 8.23. The second-order valence-electron chi connectivity index (χ2n) is 6.03. The Hall–Kier alpha value is -2.31. The molecule has 0 aliphatic carbocycles. The number of benzene rings is 2. The number of rotatable bonds is 5. The molecule has 2 aromatic rings.